The highest BCUT2D eigenvalue weighted by atomic mass is 16.1. The minimum atomic E-state index is 0.182. The maximum Gasteiger partial charge on any atom is 0.220 e. The van der Waals surface area contributed by atoms with Crippen LogP contribution in [0.25, 0.3) is 0 Å². The first-order valence-electron chi connectivity index (χ1n) is 6.00. The van der Waals surface area contributed by atoms with Crippen LogP contribution in [0.15, 0.2) is 0 Å². The molecule has 1 atom stereocenters. The van der Waals surface area contributed by atoms with Gasteiger partial charge in [0.2, 0.25) is 5.91 Å². The van der Waals surface area contributed by atoms with E-state index in [9.17, 15) is 4.79 Å². The molecular weight excluding hydrogens is 188 g/mol. The van der Waals surface area contributed by atoms with Crippen LogP contribution in [-0.2, 0) is 4.79 Å². The lowest BCUT2D eigenvalue weighted by molar-refractivity contribution is -0.121. The van der Waals surface area contributed by atoms with Crippen molar-refractivity contribution < 1.29 is 4.79 Å². The maximum atomic E-state index is 11.4. The van der Waals surface area contributed by atoms with E-state index in [2.05, 4.69) is 31.4 Å². The van der Waals surface area contributed by atoms with Crippen molar-refractivity contribution >= 4 is 5.91 Å². The molecule has 0 aromatic carbocycles. The Kier molecular flexibility index (Phi) is 8.38. The molecule has 15 heavy (non-hydrogen) atoms. The van der Waals surface area contributed by atoms with Crippen molar-refractivity contribution in [2.75, 3.05) is 13.6 Å². The average molecular weight is 214 g/mol. The summed E-state index contributed by atoms with van der Waals surface area (Å²) >= 11 is 0. The molecule has 1 amide bonds. The van der Waals surface area contributed by atoms with Crippen molar-refractivity contribution in [3.05, 3.63) is 0 Å². The van der Waals surface area contributed by atoms with E-state index in [4.69, 9.17) is 0 Å². The van der Waals surface area contributed by atoms with Gasteiger partial charge in [-0.3, -0.25) is 4.79 Å². The van der Waals surface area contributed by atoms with Gasteiger partial charge >= 0.3 is 0 Å². The highest BCUT2D eigenvalue weighted by Gasteiger charge is 2.07. The Morgan fingerprint density at radius 2 is 1.87 bits per heavy atom. The Bertz CT molecular complexity index is 169. The third-order valence-corrected chi connectivity index (χ3v) is 2.42. The largest absolute Gasteiger partial charge is 0.354 e. The van der Waals surface area contributed by atoms with Crippen LogP contribution in [0.2, 0.25) is 0 Å². The van der Waals surface area contributed by atoms with Crippen molar-refractivity contribution in [3.63, 3.8) is 0 Å². The van der Waals surface area contributed by atoms with Crippen molar-refractivity contribution in [3.8, 4) is 0 Å². The second kappa shape index (κ2) is 8.72. The van der Waals surface area contributed by atoms with Crippen LogP contribution < -0.4 is 10.6 Å². The molecule has 1 unspecified atom stereocenters. The number of hydrogen-bond donors (Lipinski definition) is 2. The Balaban J connectivity index is 3.49. The first kappa shape index (κ1) is 14.4. The lowest BCUT2D eigenvalue weighted by Crippen LogP contribution is -2.32. The average Bonchev–Trinajstić information content (AvgIpc) is 2.15. The normalized spacial score (nSPS) is 12.9. The third-order valence-electron chi connectivity index (χ3n) is 2.42. The predicted molar refractivity (Wildman–Crippen MR) is 64.8 cm³/mol. The zero-order valence-corrected chi connectivity index (χ0v) is 10.6. The van der Waals surface area contributed by atoms with Gasteiger partial charge in [-0.05, 0) is 45.7 Å². The molecule has 0 fully saturated rings. The summed E-state index contributed by atoms with van der Waals surface area (Å²) in [6.07, 6.45) is 3.81. The monoisotopic (exact) mass is 214 g/mol. The van der Waals surface area contributed by atoms with E-state index in [1.165, 1.54) is 6.42 Å². The molecule has 0 aliphatic heterocycles. The highest BCUT2D eigenvalue weighted by Crippen LogP contribution is 2.06. The van der Waals surface area contributed by atoms with Gasteiger partial charge in [0.25, 0.3) is 0 Å². The van der Waals surface area contributed by atoms with Crippen LogP contribution in [0.3, 0.4) is 0 Å². The molecule has 0 spiro atoms. The molecule has 0 aromatic heterocycles. The van der Waals surface area contributed by atoms with Crippen LogP contribution in [0.1, 0.15) is 46.5 Å². The van der Waals surface area contributed by atoms with E-state index in [0.717, 1.165) is 19.4 Å². The second-order valence-corrected chi connectivity index (χ2v) is 4.65. The Morgan fingerprint density at radius 1 is 1.20 bits per heavy atom. The van der Waals surface area contributed by atoms with Crippen LogP contribution in [0.4, 0.5) is 0 Å². The first-order chi connectivity index (χ1) is 7.06. The molecule has 90 valence electrons. The second-order valence-electron chi connectivity index (χ2n) is 4.65. The summed E-state index contributed by atoms with van der Waals surface area (Å²) in [6, 6.07) is 0.314. The molecule has 0 saturated heterocycles. The summed E-state index contributed by atoms with van der Waals surface area (Å²) in [7, 11) is 1.91. The number of carbonyl (C=O) groups is 1. The van der Waals surface area contributed by atoms with Crippen LogP contribution in [-0.4, -0.2) is 25.5 Å². The van der Waals surface area contributed by atoms with E-state index in [1.807, 2.05) is 7.05 Å². The van der Waals surface area contributed by atoms with E-state index in [-0.39, 0.29) is 5.91 Å². The molecule has 0 radical (unpaired) electrons. The van der Waals surface area contributed by atoms with Gasteiger partial charge in [-0.15, -0.1) is 0 Å². The maximum absolute atomic E-state index is 11.4. The fourth-order valence-corrected chi connectivity index (χ4v) is 1.43. The fourth-order valence-electron chi connectivity index (χ4n) is 1.43. The fraction of sp³-hybridized carbons (Fsp3) is 0.917. The molecule has 3 nitrogen and oxygen atoms in total. The van der Waals surface area contributed by atoms with Crippen LogP contribution >= 0.6 is 0 Å². The standard InChI is InChI=1S/C12H26N2O/c1-10(2)7-8-11(3)14-12(15)6-5-9-13-4/h10-11,13H,5-9H2,1-4H3,(H,14,15). The van der Waals surface area contributed by atoms with Crippen LogP contribution in [0, 0.1) is 5.92 Å². The molecule has 0 rings (SSSR count). The molecule has 0 aliphatic rings. The highest BCUT2D eigenvalue weighted by molar-refractivity contribution is 5.76. The van der Waals surface area contributed by atoms with Gasteiger partial charge in [0.1, 0.15) is 0 Å². The molecule has 3 heteroatoms. The lowest BCUT2D eigenvalue weighted by atomic mass is 10.0. The van der Waals surface area contributed by atoms with Gasteiger partial charge in [0, 0.05) is 12.5 Å². The molecule has 0 aliphatic carbocycles. The minimum absolute atomic E-state index is 0.182. The van der Waals surface area contributed by atoms with Gasteiger partial charge in [-0.1, -0.05) is 13.8 Å². The van der Waals surface area contributed by atoms with Gasteiger partial charge in [0.05, 0.1) is 0 Å². The molecule has 0 saturated carbocycles. The zero-order valence-electron chi connectivity index (χ0n) is 10.6. The summed E-state index contributed by atoms with van der Waals surface area (Å²) in [5, 5.41) is 6.06. The number of hydrogen-bond acceptors (Lipinski definition) is 2. The molecule has 0 aromatic rings. The van der Waals surface area contributed by atoms with Gasteiger partial charge in [-0.25, -0.2) is 0 Å². The van der Waals surface area contributed by atoms with Crippen molar-refractivity contribution in [1.29, 1.82) is 0 Å². The van der Waals surface area contributed by atoms with E-state index >= 15 is 0 Å². The smallest absolute Gasteiger partial charge is 0.220 e. The first-order valence-corrected chi connectivity index (χ1v) is 6.00. The summed E-state index contributed by atoms with van der Waals surface area (Å²) in [5.41, 5.74) is 0. The van der Waals surface area contributed by atoms with E-state index < -0.39 is 0 Å². The quantitative estimate of drug-likeness (QED) is 0.606. The summed E-state index contributed by atoms with van der Waals surface area (Å²) < 4.78 is 0. The van der Waals surface area contributed by atoms with Gasteiger partial charge in [0.15, 0.2) is 0 Å². The molecule has 0 heterocycles. The molecule has 2 N–H and O–H groups in total. The van der Waals surface area contributed by atoms with Gasteiger partial charge in [-0.2, -0.15) is 0 Å². The van der Waals surface area contributed by atoms with Gasteiger partial charge < -0.3 is 10.6 Å². The Hall–Kier alpha value is -0.570. The summed E-state index contributed by atoms with van der Waals surface area (Å²) in [4.78, 5) is 11.4. The summed E-state index contributed by atoms with van der Waals surface area (Å²) in [6.45, 7) is 7.41. The van der Waals surface area contributed by atoms with E-state index in [1.54, 1.807) is 0 Å². The minimum Gasteiger partial charge on any atom is -0.354 e. The molecular formula is C12H26N2O. The van der Waals surface area contributed by atoms with Crippen molar-refractivity contribution in [2.45, 2.75) is 52.5 Å². The van der Waals surface area contributed by atoms with Crippen molar-refractivity contribution in [2.24, 2.45) is 5.92 Å². The Morgan fingerprint density at radius 3 is 2.40 bits per heavy atom. The SMILES string of the molecule is CNCCCC(=O)NC(C)CCC(C)C. The van der Waals surface area contributed by atoms with Crippen molar-refractivity contribution in [1.82, 2.24) is 10.6 Å². The number of carbonyl (C=O) groups excluding carboxylic acids is 1. The van der Waals surface area contributed by atoms with Crippen LogP contribution in [0.5, 0.6) is 0 Å². The van der Waals surface area contributed by atoms with E-state index in [0.29, 0.717) is 18.4 Å². The summed E-state index contributed by atoms with van der Waals surface area (Å²) in [5.74, 6) is 0.898. The third kappa shape index (κ3) is 9.73. The molecule has 0 bridgehead atoms. The number of amides is 1. The number of rotatable bonds is 8. The topological polar surface area (TPSA) is 41.1 Å². The predicted octanol–water partition coefficient (Wildman–Crippen LogP) is 1.93. The lowest BCUT2D eigenvalue weighted by Gasteiger charge is -2.14. The number of nitrogens with one attached hydrogen (secondary N) is 2. The Labute approximate surface area is 94.0 Å². The zero-order chi connectivity index (χ0) is 11.7.